The normalized spacial score (nSPS) is 10.9. The predicted molar refractivity (Wildman–Crippen MR) is 92.3 cm³/mol. The van der Waals surface area contributed by atoms with E-state index in [2.05, 4.69) is 20.6 Å². The highest BCUT2D eigenvalue weighted by molar-refractivity contribution is 6.08. The van der Waals surface area contributed by atoms with Gasteiger partial charge in [-0.15, -0.1) is 0 Å². The van der Waals surface area contributed by atoms with Gasteiger partial charge in [-0.1, -0.05) is 30.3 Å². The first kappa shape index (κ1) is 14.2. The lowest BCUT2D eigenvalue weighted by atomic mass is 10.2. The molecule has 0 unspecified atom stereocenters. The fraction of sp³-hybridized carbons (Fsp3) is 0.0556. The molecule has 0 spiro atoms. The van der Waals surface area contributed by atoms with E-state index >= 15 is 0 Å². The average molecular weight is 317 g/mol. The van der Waals surface area contributed by atoms with Crippen LogP contribution in [0.1, 0.15) is 16.1 Å². The fourth-order valence-electron chi connectivity index (χ4n) is 2.72. The van der Waals surface area contributed by atoms with E-state index in [0.717, 1.165) is 22.3 Å². The van der Waals surface area contributed by atoms with Gasteiger partial charge in [-0.25, -0.2) is 4.68 Å². The Morgan fingerprint density at radius 1 is 1.08 bits per heavy atom. The first-order chi connectivity index (χ1) is 11.7. The van der Waals surface area contributed by atoms with Gasteiger partial charge in [0.25, 0.3) is 5.91 Å². The van der Waals surface area contributed by atoms with Crippen molar-refractivity contribution in [2.75, 3.05) is 5.32 Å². The maximum absolute atomic E-state index is 12.6. The highest BCUT2D eigenvalue weighted by atomic mass is 16.1. The van der Waals surface area contributed by atoms with Gasteiger partial charge >= 0.3 is 0 Å². The van der Waals surface area contributed by atoms with Crippen LogP contribution in [0.4, 0.5) is 5.69 Å². The minimum Gasteiger partial charge on any atom is -0.320 e. The molecule has 0 saturated carbocycles. The topological polar surface area (TPSA) is 75.6 Å². The Morgan fingerprint density at radius 2 is 1.92 bits per heavy atom. The van der Waals surface area contributed by atoms with Crippen molar-refractivity contribution < 1.29 is 4.79 Å². The second-order valence-corrected chi connectivity index (χ2v) is 5.48. The summed E-state index contributed by atoms with van der Waals surface area (Å²) in [6.07, 6.45) is 3.31. The molecule has 0 saturated heterocycles. The van der Waals surface area contributed by atoms with Gasteiger partial charge in [-0.3, -0.25) is 9.89 Å². The highest BCUT2D eigenvalue weighted by Crippen LogP contribution is 2.22. The van der Waals surface area contributed by atoms with Crippen molar-refractivity contribution in [1.82, 2.24) is 20.0 Å². The zero-order valence-electron chi connectivity index (χ0n) is 13.0. The summed E-state index contributed by atoms with van der Waals surface area (Å²) in [6, 6.07) is 15.4. The molecule has 0 aliphatic rings. The number of anilines is 1. The lowest BCUT2D eigenvalue weighted by Gasteiger charge is -2.07. The lowest BCUT2D eigenvalue weighted by Crippen LogP contribution is -2.13. The Balaban J connectivity index is 1.66. The molecule has 0 radical (unpaired) electrons. The van der Waals surface area contributed by atoms with Crippen molar-refractivity contribution in [3.8, 4) is 5.69 Å². The maximum Gasteiger partial charge on any atom is 0.259 e. The Bertz CT molecular complexity index is 1020. The SMILES string of the molecule is Cc1c(C(=O)Nc2cccc3cn[nH]c23)cnn1-c1ccccc1. The number of H-pyrrole nitrogens is 1. The van der Waals surface area contributed by atoms with E-state index in [9.17, 15) is 4.79 Å². The summed E-state index contributed by atoms with van der Waals surface area (Å²) in [5.74, 6) is -0.197. The number of hydrogen-bond donors (Lipinski definition) is 2. The summed E-state index contributed by atoms with van der Waals surface area (Å²) < 4.78 is 1.76. The number of carbonyl (C=O) groups is 1. The molecule has 1 amide bonds. The Hall–Kier alpha value is -3.41. The van der Waals surface area contributed by atoms with E-state index < -0.39 is 0 Å². The smallest absolute Gasteiger partial charge is 0.259 e. The van der Waals surface area contributed by atoms with Gasteiger partial charge in [0.1, 0.15) is 0 Å². The minimum absolute atomic E-state index is 0.197. The van der Waals surface area contributed by atoms with Crippen molar-refractivity contribution in [3.63, 3.8) is 0 Å². The summed E-state index contributed by atoms with van der Waals surface area (Å²) in [4.78, 5) is 12.6. The zero-order chi connectivity index (χ0) is 16.5. The molecule has 2 aromatic carbocycles. The molecule has 2 N–H and O–H groups in total. The number of nitrogens with one attached hydrogen (secondary N) is 2. The van der Waals surface area contributed by atoms with Crippen molar-refractivity contribution >= 4 is 22.5 Å². The molecule has 4 aromatic rings. The van der Waals surface area contributed by atoms with Gasteiger partial charge in [0.05, 0.1) is 40.5 Å². The van der Waals surface area contributed by atoms with E-state index in [1.165, 1.54) is 0 Å². The van der Waals surface area contributed by atoms with Crippen LogP contribution < -0.4 is 5.32 Å². The van der Waals surface area contributed by atoms with Gasteiger partial charge in [-0.05, 0) is 25.1 Å². The quantitative estimate of drug-likeness (QED) is 0.608. The fourth-order valence-corrected chi connectivity index (χ4v) is 2.72. The number of rotatable bonds is 3. The monoisotopic (exact) mass is 317 g/mol. The van der Waals surface area contributed by atoms with Crippen LogP contribution in [0.25, 0.3) is 16.6 Å². The number of nitrogens with zero attached hydrogens (tertiary/aromatic N) is 3. The summed E-state index contributed by atoms with van der Waals surface area (Å²) in [6.45, 7) is 1.88. The van der Waals surface area contributed by atoms with Gasteiger partial charge in [0.2, 0.25) is 0 Å². The van der Waals surface area contributed by atoms with Crippen molar-refractivity contribution in [3.05, 3.63) is 72.2 Å². The van der Waals surface area contributed by atoms with Crippen LogP contribution in [0.3, 0.4) is 0 Å². The summed E-state index contributed by atoms with van der Waals surface area (Å²) >= 11 is 0. The summed E-state index contributed by atoms with van der Waals surface area (Å²) in [5, 5.41) is 15.1. The van der Waals surface area contributed by atoms with Crippen LogP contribution >= 0.6 is 0 Å². The first-order valence-corrected chi connectivity index (χ1v) is 7.57. The molecule has 2 heterocycles. The molecular weight excluding hydrogens is 302 g/mol. The van der Waals surface area contributed by atoms with E-state index in [-0.39, 0.29) is 5.91 Å². The second-order valence-electron chi connectivity index (χ2n) is 5.48. The molecule has 0 bridgehead atoms. The Labute approximate surface area is 138 Å². The molecule has 4 rings (SSSR count). The summed E-state index contributed by atoms with van der Waals surface area (Å²) in [7, 11) is 0. The van der Waals surface area contributed by atoms with Gasteiger partial charge in [-0.2, -0.15) is 10.2 Å². The Morgan fingerprint density at radius 3 is 2.75 bits per heavy atom. The molecule has 6 heteroatoms. The number of aromatic amines is 1. The molecule has 24 heavy (non-hydrogen) atoms. The molecule has 2 aromatic heterocycles. The van der Waals surface area contributed by atoms with Crippen LogP contribution in [-0.2, 0) is 0 Å². The van der Waals surface area contributed by atoms with E-state index in [0.29, 0.717) is 11.3 Å². The number of aromatic nitrogens is 4. The summed E-state index contributed by atoms with van der Waals surface area (Å²) in [5.41, 5.74) is 3.75. The molecule has 0 aliphatic carbocycles. The standard InChI is InChI=1S/C18H15N5O/c1-12-15(11-20-23(12)14-7-3-2-4-8-14)18(24)21-16-9-5-6-13-10-19-22-17(13)16/h2-11H,1H3,(H,19,22)(H,21,24). The van der Waals surface area contributed by atoms with Crippen LogP contribution in [-0.4, -0.2) is 25.9 Å². The number of hydrogen-bond acceptors (Lipinski definition) is 3. The van der Waals surface area contributed by atoms with Crippen molar-refractivity contribution in [2.24, 2.45) is 0 Å². The lowest BCUT2D eigenvalue weighted by molar-refractivity contribution is 0.102. The van der Waals surface area contributed by atoms with Crippen molar-refractivity contribution in [2.45, 2.75) is 6.92 Å². The third-order valence-electron chi connectivity index (χ3n) is 3.98. The zero-order valence-corrected chi connectivity index (χ0v) is 13.0. The largest absolute Gasteiger partial charge is 0.320 e. The number of fused-ring (bicyclic) bond motifs is 1. The van der Waals surface area contributed by atoms with E-state index in [1.807, 2.05) is 55.5 Å². The molecular formula is C18H15N5O. The van der Waals surface area contributed by atoms with Gasteiger partial charge in [0, 0.05) is 5.39 Å². The van der Waals surface area contributed by atoms with Gasteiger partial charge < -0.3 is 5.32 Å². The van der Waals surface area contributed by atoms with Crippen LogP contribution in [0.5, 0.6) is 0 Å². The molecule has 6 nitrogen and oxygen atoms in total. The number of amides is 1. The van der Waals surface area contributed by atoms with E-state index in [4.69, 9.17) is 0 Å². The van der Waals surface area contributed by atoms with Crippen molar-refractivity contribution in [1.29, 1.82) is 0 Å². The molecule has 0 aliphatic heterocycles. The van der Waals surface area contributed by atoms with Crippen LogP contribution in [0, 0.1) is 6.92 Å². The average Bonchev–Trinajstić information content (AvgIpc) is 3.23. The number of para-hydroxylation sites is 2. The molecule has 118 valence electrons. The van der Waals surface area contributed by atoms with Crippen LogP contribution in [0.2, 0.25) is 0 Å². The second kappa shape index (κ2) is 5.66. The van der Waals surface area contributed by atoms with Gasteiger partial charge in [0.15, 0.2) is 0 Å². The van der Waals surface area contributed by atoms with Crippen LogP contribution in [0.15, 0.2) is 60.9 Å². The third kappa shape index (κ3) is 2.34. The van der Waals surface area contributed by atoms with E-state index in [1.54, 1.807) is 17.1 Å². The number of benzene rings is 2. The number of carbonyl (C=O) groups excluding carboxylic acids is 1. The predicted octanol–water partition coefficient (Wildman–Crippen LogP) is 3.31. The minimum atomic E-state index is -0.197. The highest BCUT2D eigenvalue weighted by Gasteiger charge is 2.16. The molecule has 0 fully saturated rings. The Kier molecular flexibility index (Phi) is 3.35. The first-order valence-electron chi connectivity index (χ1n) is 7.57. The third-order valence-corrected chi connectivity index (χ3v) is 3.98. The molecule has 0 atom stereocenters. The maximum atomic E-state index is 12.6.